The van der Waals surface area contributed by atoms with Gasteiger partial charge in [0, 0.05) is 18.8 Å². The third kappa shape index (κ3) is 5.01. The number of nitrogens with zero attached hydrogens (tertiary/aromatic N) is 3. The number of amides is 1. The minimum atomic E-state index is -0.243. The van der Waals surface area contributed by atoms with Crippen molar-refractivity contribution in [2.45, 2.75) is 13.5 Å². The molecular formula is C23H23ClN6O2S. The van der Waals surface area contributed by atoms with Crippen molar-refractivity contribution in [1.29, 1.82) is 0 Å². The molecule has 0 radical (unpaired) electrons. The van der Waals surface area contributed by atoms with Crippen molar-refractivity contribution in [2.24, 2.45) is 0 Å². The molecule has 5 rings (SSSR count). The summed E-state index contributed by atoms with van der Waals surface area (Å²) in [6, 6.07) is 11.4. The number of anilines is 3. The maximum atomic E-state index is 12.7. The number of fused-ring (bicyclic) bond motifs is 1. The van der Waals surface area contributed by atoms with E-state index in [1.165, 1.54) is 11.3 Å². The number of hydrogen-bond donors (Lipinski definition) is 3. The molecule has 170 valence electrons. The first kappa shape index (κ1) is 21.8. The van der Waals surface area contributed by atoms with E-state index in [-0.39, 0.29) is 5.91 Å². The van der Waals surface area contributed by atoms with Crippen molar-refractivity contribution in [3.63, 3.8) is 0 Å². The molecule has 0 aliphatic carbocycles. The van der Waals surface area contributed by atoms with Crippen LogP contribution in [-0.2, 0) is 11.3 Å². The quantitative estimate of drug-likeness (QED) is 0.365. The first-order chi connectivity index (χ1) is 16.0. The summed E-state index contributed by atoms with van der Waals surface area (Å²) in [6.45, 7) is 6.04. The van der Waals surface area contributed by atoms with E-state index in [1.807, 2.05) is 37.3 Å². The lowest BCUT2D eigenvalue weighted by Crippen LogP contribution is -2.35. The normalized spacial score (nSPS) is 14.5. The molecule has 0 atom stereocenters. The molecule has 0 bridgehead atoms. The van der Waals surface area contributed by atoms with Gasteiger partial charge in [0.1, 0.15) is 10.7 Å². The average Bonchev–Trinajstić information content (AvgIpc) is 3.43. The van der Waals surface area contributed by atoms with Crippen molar-refractivity contribution in [3.05, 3.63) is 63.9 Å². The number of aromatic nitrogens is 3. The highest BCUT2D eigenvalue weighted by atomic mass is 35.5. The third-order valence-corrected chi connectivity index (χ3v) is 6.68. The Bertz CT molecular complexity index is 1280. The average molecular weight is 483 g/mol. The van der Waals surface area contributed by atoms with Gasteiger partial charge in [0.2, 0.25) is 0 Å². The summed E-state index contributed by atoms with van der Waals surface area (Å²) in [5, 5.41) is 7.28. The van der Waals surface area contributed by atoms with E-state index in [4.69, 9.17) is 21.3 Å². The van der Waals surface area contributed by atoms with Crippen LogP contribution in [0.3, 0.4) is 0 Å². The van der Waals surface area contributed by atoms with E-state index in [2.05, 4.69) is 25.5 Å². The van der Waals surface area contributed by atoms with Crippen LogP contribution < -0.4 is 10.6 Å². The number of imidazole rings is 1. The van der Waals surface area contributed by atoms with E-state index in [0.29, 0.717) is 20.7 Å². The lowest BCUT2D eigenvalue weighted by atomic mass is 10.2. The Labute approximate surface area is 200 Å². The molecule has 1 amide bonds. The fourth-order valence-electron chi connectivity index (χ4n) is 3.71. The number of carbonyl (C=O) groups is 1. The van der Waals surface area contributed by atoms with Crippen LogP contribution in [0.25, 0.3) is 11.0 Å². The minimum Gasteiger partial charge on any atom is -0.379 e. The van der Waals surface area contributed by atoms with Crippen LogP contribution in [0.15, 0.2) is 42.6 Å². The van der Waals surface area contributed by atoms with Crippen molar-refractivity contribution in [1.82, 2.24) is 19.9 Å². The van der Waals surface area contributed by atoms with E-state index >= 15 is 0 Å². The monoisotopic (exact) mass is 482 g/mol. The second-order valence-electron chi connectivity index (χ2n) is 7.84. The zero-order valence-corrected chi connectivity index (χ0v) is 19.6. The zero-order valence-electron chi connectivity index (χ0n) is 18.0. The number of para-hydroxylation sites is 1. The van der Waals surface area contributed by atoms with Crippen LogP contribution in [0.4, 0.5) is 16.5 Å². The number of aryl methyl sites for hydroxylation is 1. The molecule has 0 saturated carbocycles. The van der Waals surface area contributed by atoms with Gasteiger partial charge in [0.25, 0.3) is 5.91 Å². The van der Waals surface area contributed by atoms with Gasteiger partial charge in [-0.05, 0) is 36.8 Å². The number of carbonyl (C=O) groups excluding carboxylic acids is 1. The van der Waals surface area contributed by atoms with Gasteiger partial charge in [0.05, 0.1) is 47.7 Å². The Hall–Kier alpha value is -2.98. The van der Waals surface area contributed by atoms with Gasteiger partial charge in [-0.3, -0.25) is 9.69 Å². The van der Waals surface area contributed by atoms with E-state index in [0.717, 1.165) is 61.0 Å². The van der Waals surface area contributed by atoms with Gasteiger partial charge in [-0.15, -0.1) is 0 Å². The highest BCUT2D eigenvalue weighted by Gasteiger charge is 2.15. The Kier molecular flexibility index (Phi) is 6.28. The second kappa shape index (κ2) is 9.48. The zero-order chi connectivity index (χ0) is 22.8. The van der Waals surface area contributed by atoms with Crippen molar-refractivity contribution >= 4 is 56.4 Å². The first-order valence-corrected chi connectivity index (χ1v) is 11.8. The molecule has 0 spiro atoms. The Morgan fingerprint density at radius 2 is 2.12 bits per heavy atom. The van der Waals surface area contributed by atoms with Crippen LogP contribution >= 0.6 is 22.9 Å². The van der Waals surface area contributed by atoms with Gasteiger partial charge in [-0.25, -0.2) is 9.97 Å². The Balaban J connectivity index is 1.26. The number of benzene rings is 2. The maximum absolute atomic E-state index is 12.7. The molecule has 1 aliphatic rings. The molecule has 0 unspecified atom stereocenters. The molecule has 2 aromatic heterocycles. The Morgan fingerprint density at radius 3 is 2.94 bits per heavy atom. The van der Waals surface area contributed by atoms with Crippen LogP contribution in [0.5, 0.6) is 0 Å². The van der Waals surface area contributed by atoms with Crippen molar-refractivity contribution in [2.75, 3.05) is 36.9 Å². The van der Waals surface area contributed by atoms with Gasteiger partial charge in [-0.2, -0.15) is 0 Å². The summed E-state index contributed by atoms with van der Waals surface area (Å²) in [4.78, 5) is 28.0. The molecule has 1 aliphatic heterocycles. The molecule has 1 fully saturated rings. The highest BCUT2D eigenvalue weighted by Crippen LogP contribution is 2.28. The summed E-state index contributed by atoms with van der Waals surface area (Å²) in [5.41, 5.74) is 4.24. The summed E-state index contributed by atoms with van der Waals surface area (Å²) in [6.07, 6.45) is 1.56. The summed E-state index contributed by atoms with van der Waals surface area (Å²) >= 11 is 7.50. The third-order valence-electron chi connectivity index (χ3n) is 5.45. The topological polar surface area (TPSA) is 95.2 Å². The number of thiazole rings is 1. The number of H-pyrrole nitrogens is 1. The second-order valence-corrected chi connectivity index (χ2v) is 9.28. The predicted molar refractivity (Wildman–Crippen MR) is 132 cm³/mol. The van der Waals surface area contributed by atoms with Crippen LogP contribution in [0.1, 0.15) is 21.1 Å². The lowest BCUT2D eigenvalue weighted by Gasteiger charge is -2.25. The van der Waals surface area contributed by atoms with Gasteiger partial charge in [-0.1, -0.05) is 35.1 Å². The molecule has 8 nitrogen and oxygen atoms in total. The molecule has 4 aromatic rings. The number of hydrogen-bond acceptors (Lipinski definition) is 7. The molecule has 2 aromatic carbocycles. The summed E-state index contributed by atoms with van der Waals surface area (Å²) in [5.74, 6) is 0.694. The number of ether oxygens (including phenoxy) is 1. The highest BCUT2D eigenvalue weighted by molar-refractivity contribution is 7.17. The molecule has 3 heterocycles. The summed E-state index contributed by atoms with van der Waals surface area (Å²) < 4.78 is 5.41. The maximum Gasteiger partial charge on any atom is 0.267 e. The number of halogens is 1. The van der Waals surface area contributed by atoms with Crippen LogP contribution in [0, 0.1) is 6.92 Å². The Morgan fingerprint density at radius 1 is 1.27 bits per heavy atom. The summed E-state index contributed by atoms with van der Waals surface area (Å²) in [7, 11) is 0. The van der Waals surface area contributed by atoms with Crippen LogP contribution in [0.2, 0.25) is 5.02 Å². The van der Waals surface area contributed by atoms with Gasteiger partial charge in [0.15, 0.2) is 5.13 Å². The first-order valence-electron chi connectivity index (χ1n) is 10.6. The van der Waals surface area contributed by atoms with Crippen molar-refractivity contribution < 1.29 is 9.53 Å². The standard InChI is InChI=1S/C23H23ClN6O2S/c1-14-3-2-4-16(24)21(14)29-22(31)19-12-25-23(33-19)26-15-5-6-17-18(11-15)28-20(27-17)13-30-7-9-32-10-8-30/h2-6,11-12H,7-10,13H2,1H3,(H,25,26)(H,27,28)(H,29,31). The van der Waals surface area contributed by atoms with E-state index < -0.39 is 0 Å². The van der Waals surface area contributed by atoms with E-state index in [1.54, 1.807) is 12.3 Å². The van der Waals surface area contributed by atoms with Gasteiger partial charge < -0.3 is 20.4 Å². The number of nitrogens with one attached hydrogen (secondary N) is 3. The largest absolute Gasteiger partial charge is 0.379 e. The molecular weight excluding hydrogens is 460 g/mol. The molecule has 33 heavy (non-hydrogen) atoms. The smallest absolute Gasteiger partial charge is 0.267 e. The predicted octanol–water partition coefficient (Wildman–Crippen LogP) is 4.81. The lowest BCUT2D eigenvalue weighted by molar-refractivity contribution is 0.0332. The van der Waals surface area contributed by atoms with Crippen molar-refractivity contribution in [3.8, 4) is 0 Å². The fourth-order valence-corrected chi connectivity index (χ4v) is 4.71. The molecule has 3 N–H and O–H groups in total. The molecule has 1 saturated heterocycles. The number of aromatic amines is 1. The number of morpholine rings is 1. The van der Waals surface area contributed by atoms with Gasteiger partial charge >= 0.3 is 0 Å². The fraction of sp³-hybridized carbons (Fsp3) is 0.261. The van der Waals surface area contributed by atoms with Crippen LogP contribution in [-0.4, -0.2) is 52.1 Å². The van der Waals surface area contributed by atoms with E-state index in [9.17, 15) is 4.79 Å². The molecule has 10 heteroatoms. The minimum absolute atomic E-state index is 0.243. The SMILES string of the molecule is Cc1cccc(Cl)c1NC(=O)c1cnc(Nc2ccc3[nH]c(CN4CCOCC4)nc3c2)s1. The number of rotatable bonds is 6.